The first-order chi connectivity index (χ1) is 7.41. The van der Waals surface area contributed by atoms with Crippen molar-refractivity contribution in [2.75, 3.05) is 13.2 Å². The highest BCUT2D eigenvalue weighted by Crippen LogP contribution is 2.20. The van der Waals surface area contributed by atoms with E-state index in [1.165, 1.54) is 0 Å². The first-order valence-corrected chi connectivity index (χ1v) is 6.17. The van der Waals surface area contributed by atoms with Crippen molar-refractivity contribution in [2.24, 2.45) is 11.3 Å². The van der Waals surface area contributed by atoms with Crippen molar-refractivity contribution >= 4 is 0 Å². The van der Waals surface area contributed by atoms with E-state index in [1.54, 1.807) is 0 Å². The second kappa shape index (κ2) is 7.65. The quantitative estimate of drug-likeness (QED) is 0.624. The van der Waals surface area contributed by atoms with Crippen LogP contribution in [0.25, 0.3) is 0 Å². The highest BCUT2D eigenvalue weighted by atomic mass is 16.3. The third-order valence-electron chi connectivity index (χ3n) is 2.69. The van der Waals surface area contributed by atoms with Crippen LogP contribution in [0.2, 0.25) is 0 Å². The Morgan fingerprint density at radius 3 is 2.44 bits per heavy atom. The fourth-order valence-corrected chi connectivity index (χ4v) is 1.68. The summed E-state index contributed by atoms with van der Waals surface area (Å²) < 4.78 is 0. The molecule has 0 radical (unpaired) electrons. The third kappa shape index (κ3) is 7.67. The zero-order valence-corrected chi connectivity index (χ0v) is 11.1. The summed E-state index contributed by atoms with van der Waals surface area (Å²) in [5.74, 6) is 0.597. The van der Waals surface area contributed by atoms with Gasteiger partial charge in [0.25, 0.3) is 0 Å². The molecule has 0 aliphatic heterocycles. The van der Waals surface area contributed by atoms with Gasteiger partial charge in [-0.25, -0.2) is 0 Å². The van der Waals surface area contributed by atoms with Gasteiger partial charge in [-0.3, -0.25) is 0 Å². The van der Waals surface area contributed by atoms with Crippen LogP contribution in [0.3, 0.4) is 0 Å². The van der Waals surface area contributed by atoms with Crippen LogP contribution in [0.15, 0.2) is 0 Å². The Morgan fingerprint density at radius 2 is 2.00 bits per heavy atom. The molecular formula is C13H26N2O. The molecule has 0 aromatic carbocycles. The van der Waals surface area contributed by atoms with Crippen molar-refractivity contribution in [3.8, 4) is 6.07 Å². The number of nitrogens with zero attached hydrogens (tertiary/aromatic N) is 1. The molecule has 16 heavy (non-hydrogen) atoms. The number of hydrogen-bond donors (Lipinski definition) is 2. The number of aliphatic hydroxyl groups is 1. The van der Waals surface area contributed by atoms with Crippen LogP contribution in [0, 0.1) is 22.7 Å². The molecule has 0 saturated carbocycles. The minimum Gasteiger partial charge on any atom is -0.395 e. The molecule has 2 N–H and O–H groups in total. The summed E-state index contributed by atoms with van der Waals surface area (Å²) in [5.41, 5.74) is -0.228. The zero-order chi connectivity index (χ0) is 12.6. The zero-order valence-electron chi connectivity index (χ0n) is 11.1. The van der Waals surface area contributed by atoms with Crippen LogP contribution in [0.4, 0.5) is 0 Å². The molecule has 3 nitrogen and oxygen atoms in total. The molecule has 0 amide bonds. The largest absolute Gasteiger partial charge is 0.395 e. The summed E-state index contributed by atoms with van der Waals surface area (Å²) in [5, 5.41) is 21.4. The molecule has 0 rings (SSSR count). The maximum Gasteiger partial charge on any atom is 0.0683 e. The Labute approximate surface area is 99.9 Å². The first kappa shape index (κ1) is 15.4. The lowest BCUT2D eigenvalue weighted by atomic mass is 9.90. The molecule has 1 unspecified atom stereocenters. The van der Waals surface area contributed by atoms with Gasteiger partial charge in [0, 0.05) is 6.04 Å². The summed E-state index contributed by atoms with van der Waals surface area (Å²) in [6.45, 7) is 9.31. The van der Waals surface area contributed by atoms with Gasteiger partial charge in [0.15, 0.2) is 0 Å². The standard InChI is InChI=1S/C13H26N2O/c1-11(2)8-12(9-16)15-7-5-6-13(3,4)10-14/h11-12,15-16H,5-9H2,1-4H3. The lowest BCUT2D eigenvalue weighted by Crippen LogP contribution is -2.34. The fourth-order valence-electron chi connectivity index (χ4n) is 1.68. The summed E-state index contributed by atoms with van der Waals surface area (Å²) in [4.78, 5) is 0. The average molecular weight is 226 g/mol. The van der Waals surface area contributed by atoms with E-state index in [9.17, 15) is 0 Å². The van der Waals surface area contributed by atoms with E-state index in [0.29, 0.717) is 5.92 Å². The molecule has 0 aliphatic carbocycles. The van der Waals surface area contributed by atoms with Crippen molar-refractivity contribution in [1.29, 1.82) is 5.26 Å². The van der Waals surface area contributed by atoms with Gasteiger partial charge in [-0.05, 0) is 45.6 Å². The normalized spacial score (nSPS) is 13.8. The Balaban J connectivity index is 3.68. The number of aliphatic hydroxyl groups excluding tert-OH is 1. The van der Waals surface area contributed by atoms with Crippen LogP contribution < -0.4 is 5.32 Å². The number of nitriles is 1. The number of nitrogens with one attached hydrogen (secondary N) is 1. The van der Waals surface area contributed by atoms with Gasteiger partial charge in [-0.1, -0.05) is 13.8 Å². The second-order valence-electron chi connectivity index (χ2n) is 5.56. The lowest BCUT2D eigenvalue weighted by molar-refractivity contribution is 0.223. The Bertz CT molecular complexity index is 218. The maximum absolute atomic E-state index is 9.17. The van der Waals surface area contributed by atoms with Gasteiger partial charge >= 0.3 is 0 Å². The number of hydrogen-bond acceptors (Lipinski definition) is 3. The Hall–Kier alpha value is -0.590. The molecule has 0 aromatic rings. The molecule has 0 bridgehead atoms. The van der Waals surface area contributed by atoms with E-state index in [4.69, 9.17) is 10.4 Å². The highest BCUT2D eigenvalue weighted by molar-refractivity contribution is 4.91. The van der Waals surface area contributed by atoms with Crippen molar-refractivity contribution in [1.82, 2.24) is 5.32 Å². The van der Waals surface area contributed by atoms with Crippen LogP contribution in [0.5, 0.6) is 0 Å². The van der Waals surface area contributed by atoms with Crippen LogP contribution in [-0.4, -0.2) is 24.3 Å². The predicted molar refractivity (Wildman–Crippen MR) is 67.0 cm³/mol. The monoisotopic (exact) mass is 226 g/mol. The number of rotatable bonds is 8. The summed E-state index contributed by atoms with van der Waals surface area (Å²) in [6, 6.07) is 2.50. The van der Waals surface area contributed by atoms with E-state index in [1.807, 2.05) is 13.8 Å². The first-order valence-electron chi connectivity index (χ1n) is 6.17. The molecular weight excluding hydrogens is 200 g/mol. The molecule has 0 aliphatic rings. The fraction of sp³-hybridized carbons (Fsp3) is 0.923. The third-order valence-corrected chi connectivity index (χ3v) is 2.69. The van der Waals surface area contributed by atoms with E-state index in [-0.39, 0.29) is 18.1 Å². The topological polar surface area (TPSA) is 56.0 Å². The van der Waals surface area contributed by atoms with Crippen molar-refractivity contribution in [3.63, 3.8) is 0 Å². The second-order valence-corrected chi connectivity index (χ2v) is 5.56. The van der Waals surface area contributed by atoms with Crippen molar-refractivity contribution in [3.05, 3.63) is 0 Å². The molecule has 1 atom stereocenters. The minimum absolute atomic E-state index is 0.194. The summed E-state index contributed by atoms with van der Waals surface area (Å²) in [7, 11) is 0. The molecule has 3 heteroatoms. The van der Waals surface area contributed by atoms with Gasteiger partial charge < -0.3 is 10.4 Å². The van der Waals surface area contributed by atoms with Crippen molar-refractivity contribution < 1.29 is 5.11 Å². The minimum atomic E-state index is -0.228. The Morgan fingerprint density at radius 1 is 1.38 bits per heavy atom. The van der Waals surface area contributed by atoms with E-state index < -0.39 is 0 Å². The molecule has 0 spiro atoms. The molecule has 0 saturated heterocycles. The average Bonchev–Trinajstić information content (AvgIpc) is 2.22. The molecule has 94 valence electrons. The van der Waals surface area contributed by atoms with Crippen LogP contribution >= 0.6 is 0 Å². The molecule has 0 aromatic heterocycles. The van der Waals surface area contributed by atoms with E-state index >= 15 is 0 Å². The van der Waals surface area contributed by atoms with E-state index in [2.05, 4.69) is 25.2 Å². The van der Waals surface area contributed by atoms with Crippen LogP contribution in [-0.2, 0) is 0 Å². The molecule has 0 heterocycles. The SMILES string of the molecule is CC(C)CC(CO)NCCCC(C)(C)C#N. The van der Waals surface area contributed by atoms with Gasteiger partial charge in [0.2, 0.25) is 0 Å². The smallest absolute Gasteiger partial charge is 0.0683 e. The van der Waals surface area contributed by atoms with Gasteiger partial charge in [0.05, 0.1) is 18.1 Å². The summed E-state index contributed by atoms with van der Waals surface area (Å²) in [6.07, 6.45) is 2.88. The predicted octanol–water partition coefficient (Wildman–Crippen LogP) is 2.31. The van der Waals surface area contributed by atoms with Gasteiger partial charge in [0.1, 0.15) is 0 Å². The summed E-state index contributed by atoms with van der Waals surface area (Å²) >= 11 is 0. The maximum atomic E-state index is 9.17. The van der Waals surface area contributed by atoms with Gasteiger partial charge in [-0.2, -0.15) is 5.26 Å². The van der Waals surface area contributed by atoms with Crippen molar-refractivity contribution in [2.45, 2.75) is 53.0 Å². The lowest BCUT2D eigenvalue weighted by Gasteiger charge is -2.20. The van der Waals surface area contributed by atoms with E-state index in [0.717, 1.165) is 25.8 Å². The molecule has 0 fully saturated rings. The van der Waals surface area contributed by atoms with Crippen LogP contribution in [0.1, 0.15) is 47.0 Å². The highest BCUT2D eigenvalue weighted by Gasteiger charge is 2.16. The van der Waals surface area contributed by atoms with Gasteiger partial charge in [-0.15, -0.1) is 0 Å². The Kier molecular flexibility index (Phi) is 7.36.